The Balaban J connectivity index is 2.42. The van der Waals surface area contributed by atoms with Crippen LogP contribution in [-0.4, -0.2) is 31.7 Å². The third-order valence-electron chi connectivity index (χ3n) is 3.67. The molecule has 1 amide bonds. The highest BCUT2D eigenvalue weighted by Crippen LogP contribution is 2.39. The SMILES string of the molecule is CCCC(C)COCC(NC)(C(N)=O)C1CC1. The average molecular weight is 242 g/mol. The molecule has 0 bridgehead atoms. The summed E-state index contributed by atoms with van der Waals surface area (Å²) in [5, 5.41) is 3.08. The van der Waals surface area contributed by atoms with Gasteiger partial charge in [0.25, 0.3) is 0 Å². The molecule has 1 fully saturated rings. The number of primary amides is 1. The van der Waals surface area contributed by atoms with Gasteiger partial charge in [-0.1, -0.05) is 20.3 Å². The van der Waals surface area contributed by atoms with Crippen LogP contribution in [0.25, 0.3) is 0 Å². The van der Waals surface area contributed by atoms with Crippen LogP contribution < -0.4 is 11.1 Å². The van der Waals surface area contributed by atoms with Crippen LogP contribution >= 0.6 is 0 Å². The lowest BCUT2D eigenvalue weighted by atomic mass is 9.93. The molecule has 0 saturated heterocycles. The van der Waals surface area contributed by atoms with E-state index in [2.05, 4.69) is 19.2 Å². The van der Waals surface area contributed by atoms with Crippen molar-refractivity contribution in [3.05, 3.63) is 0 Å². The quantitative estimate of drug-likeness (QED) is 0.640. The molecule has 0 aromatic heterocycles. The van der Waals surface area contributed by atoms with Gasteiger partial charge in [-0.3, -0.25) is 4.79 Å². The molecule has 2 unspecified atom stereocenters. The average Bonchev–Trinajstić information content (AvgIpc) is 3.08. The zero-order chi connectivity index (χ0) is 12.9. The number of rotatable bonds is 9. The van der Waals surface area contributed by atoms with Gasteiger partial charge in [0.15, 0.2) is 0 Å². The Kier molecular flexibility index (Phi) is 5.40. The highest BCUT2D eigenvalue weighted by molar-refractivity contribution is 5.85. The van der Waals surface area contributed by atoms with Gasteiger partial charge in [0.05, 0.1) is 6.61 Å². The number of likely N-dealkylation sites (N-methyl/N-ethyl adjacent to an activating group) is 1. The monoisotopic (exact) mass is 242 g/mol. The summed E-state index contributed by atoms with van der Waals surface area (Å²) in [6, 6.07) is 0. The largest absolute Gasteiger partial charge is 0.379 e. The van der Waals surface area contributed by atoms with Crippen LogP contribution in [0.4, 0.5) is 0 Å². The summed E-state index contributed by atoms with van der Waals surface area (Å²) in [7, 11) is 1.79. The molecule has 1 saturated carbocycles. The number of hydrogen-bond donors (Lipinski definition) is 2. The topological polar surface area (TPSA) is 64.3 Å². The van der Waals surface area contributed by atoms with Crippen LogP contribution in [0.1, 0.15) is 39.5 Å². The zero-order valence-corrected chi connectivity index (χ0v) is 11.3. The molecular formula is C13H26N2O2. The van der Waals surface area contributed by atoms with Crippen LogP contribution in [0.15, 0.2) is 0 Å². The minimum atomic E-state index is -0.647. The molecule has 0 aromatic carbocycles. The molecule has 0 heterocycles. The van der Waals surface area contributed by atoms with Gasteiger partial charge in [-0.25, -0.2) is 0 Å². The second-order valence-corrected chi connectivity index (χ2v) is 5.27. The molecule has 0 spiro atoms. The number of carbonyl (C=O) groups excluding carboxylic acids is 1. The van der Waals surface area contributed by atoms with E-state index < -0.39 is 5.54 Å². The van der Waals surface area contributed by atoms with Gasteiger partial charge in [-0.15, -0.1) is 0 Å². The summed E-state index contributed by atoms with van der Waals surface area (Å²) in [6.45, 7) is 5.45. The molecule has 1 rings (SSSR count). The van der Waals surface area contributed by atoms with E-state index in [1.807, 2.05) is 0 Å². The Hall–Kier alpha value is -0.610. The van der Waals surface area contributed by atoms with E-state index in [0.717, 1.165) is 19.3 Å². The predicted octanol–water partition coefficient (Wildman–Crippen LogP) is 1.29. The molecule has 4 heteroatoms. The molecular weight excluding hydrogens is 216 g/mol. The lowest BCUT2D eigenvalue weighted by Gasteiger charge is -2.30. The van der Waals surface area contributed by atoms with Crippen LogP contribution in [0, 0.1) is 11.8 Å². The van der Waals surface area contributed by atoms with Crippen molar-refractivity contribution < 1.29 is 9.53 Å². The first-order valence-electron chi connectivity index (χ1n) is 6.63. The third-order valence-corrected chi connectivity index (χ3v) is 3.67. The number of ether oxygens (including phenoxy) is 1. The van der Waals surface area contributed by atoms with Crippen molar-refractivity contribution in [2.45, 2.75) is 45.1 Å². The fourth-order valence-corrected chi connectivity index (χ4v) is 2.36. The standard InChI is InChI=1S/C13H26N2O2/c1-4-5-10(2)8-17-9-13(15-3,12(14)16)11-6-7-11/h10-11,15H,4-9H2,1-3H3,(H2,14,16). The van der Waals surface area contributed by atoms with E-state index >= 15 is 0 Å². The van der Waals surface area contributed by atoms with Crippen LogP contribution in [0.2, 0.25) is 0 Å². The van der Waals surface area contributed by atoms with Gasteiger partial charge in [0, 0.05) is 6.61 Å². The first kappa shape index (κ1) is 14.5. The van der Waals surface area contributed by atoms with Crippen LogP contribution in [0.3, 0.4) is 0 Å². The Morgan fingerprint density at radius 2 is 2.24 bits per heavy atom. The molecule has 2 atom stereocenters. The van der Waals surface area contributed by atoms with Gasteiger partial charge in [0.2, 0.25) is 5.91 Å². The number of carbonyl (C=O) groups is 1. The van der Waals surface area contributed by atoms with Crippen molar-refractivity contribution in [1.82, 2.24) is 5.32 Å². The summed E-state index contributed by atoms with van der Waals surface area (Å²) >= 11 is 0. The summed E-state index contributed by atoms with van der Waals surface area (Å²) in [6.07, 6.45) is 4.46. The summed E-state index contributed by atoms with van der Waals surface area (Å²) < 4.78 is 5.70. The third kappa shape index (κ3) is 3.68. The molecule has 17 heavy (non-hydrogen) atoms. The zero-order valence-electron chi connectivity index (χ0n) is 11.3. The van der Waals surface area contributed by atoms with Crippen molar-refractivity contribution in [2.24, 2.45) is 17.6 Å². The maximum atomic E-state index is 11.6. The fourth-order valence-electron chi connectivity index (χ4n) is 2.36. The first-order chi connectivity index (χ1) is 8.06. The van der Waals surface area contributed by atoms with E-state index in [1.54, 1.807) is 7.05 Å². The molecule has 0 aliphatic heterocycles. The number of amides is 1. The fraction of sp³-hybridized carbons (Fsp3) is 0.923. The molecule has 1 aliphatic carbocycles. The maximum absolute atomic E-state index is 11.6. The summed E-state index contributed by atoms with van der Waals surface area (Å²) in [4.78, 5) is 11.6. The molecule has 1 aliphatic rings. The van der Waals surface area contributed by atoms with Crippen molar-refractivity contribution >= 4 is 5.91 Å². The maximum Gasteiger partial charge on any atom is 0.240 e. The highest BCUT2D eigenvalue weighted by atomic mass is 16.5. The minimum Gasteiger partial charge on any atom is -0.379 e. The van der Waals surface area contributed by atoms with Gasteiger partial charge in [-0.2, -0.15) is 0 Å². The van der Waals surface area contributed by atoms with Crippen molar-refractivity contribution in [1.29, 1.82) is 0 Å². The number of hydrogen-bond acceptors (Lipinski definition) is 3. The second kappa shape index (κ2) is 6.36. The smallest absolute Gasteiger partial charge is 0.240 e. The van der Waals surface area contributed by atoms with Gasteiger partial charge >= 0.3 is 0 Å². The minimum absolute atomic E-state index is 0.286. The van der Waals surface area contributed by atoms with Crippen molar-refractivity contribution in [3.8, 4) is 0 Å². The Bertz CT molecular complexity index is 254. The molecule has 3 N–H and O–H groups in total. The van der Waals surface area contributed by atoms with E-state index in [0.29, 0.717) is 25.0 Å². The Morgan fingerprint density at radius 1 is 1.59 bits per heavy atom. The number of nitrogens with two attached hydrogens (primary N) is 1. The molecule has 0 radical (unpaired) electrons. The van der Waals surface area contributed by atoms with Gasteiger partial charge < -0.3 is 15.8 Å². The van der Waals surface area contributed by atoms with E-state index in [9.17, 15) is 4.79 Å². The van der Waals surface area contributed by atoms with Crippen LogP contribution in [0.5, 0.6) is 0 Å². The Morgan fingerprint density at radius 3 is 2.65 bits per heavy atom. The first-order valence-corrected chi connectivity index (χ1v) is 6.63. The summed E-state index contributed by atoms with van der Waals surface area (Å²) in [5.74, 6) is 0.610. The molecule has 100 valence electrons. The lowest BCUT2D eigenvalue weighted by molar-refractivity contribution is -0.128. The summed E-state index contributed by atoms with van der Waals surface area (Å²) in [5.41, 5.74) is 4.87. The second-order valence-electron chi connectivity index (χ2n) is 5.27. The van der Waals surface area contributed by atoms with E-state index in [-0.39, 0.29) is 5.91 Å². The van der Waals surface area contributed by atoms with E-state index in [4.69, 9.17) is 10.5 Å². The van der Waals surface area contributed by atoms with Gasteiger partial charge in [0.1, 0.15) is 5.54 Å². The normalized spacial score (nSPS) is 20.9. The highest BCUT2D eigenvalue weighted by Gasteiger charge is 2.49. The van der Waals surface area contributed by atoms with Crippen molar-refractivity contribution in [2.75, 3.05) is 20.3 Å². The molecule has 0 aromatic rings. The Labute approximate surface area is 104 Å². The van der Waals surface area contributed by atoms with E-state index in [1.165, 1.54) is 6.42 Å². The van der Waals surface area contributed by atoms with Gasteiger partial charge in [-0.05, 0) is 38.1 Å². The molecule has 4 nitrogen and oxygen atoms in total. The van der Waals surface area contributed by atoms with Crippen LogP contribution in [-0.2, 0) is 9.53 Å². The lowest BCUT2D eigenvalue weighted by Crippen LogP contribution is -2.59. The number of nitrogens with one attached hydrogen (secondary N) is 1. The predicted molar refractivity (Wildman–Crippen MR) is 68.6 cm³/mol. The van der Waals surface area contributed by atoms with Crippen molar-refractivity contribution in [3.63, 3.8) is 0 Å².